The van der Waals surface area contributed by atoms with Crippen LogP contribution in [0.2, 0.25) is 5.02 Å². The Morgan fingerprint density at radius 2 is 2.17 bits per heavy atom. The average molecular weight is 268 g/mol. The molecule has 0 heterocycles. The summed E-state index contributed by atoms with van der Waals surface area (Å²) in [5.74, 6) is 1.42. The Bertz CT molecular complexity index is 388. The Balaban J connectivity index is 2.67. The van der Waals surface area contributed by atoms with Gasteiger partial charge in [-0.3, -0.25) is 0 Å². The fourth-order valence-electron chi connectivity index (χ4n) is 1.58. The molecular weight excluding hydrogens is 246 g/mol. The second kappa shape index (κ2) is 8.17. The van der Waals surface area contributed by atoms with E-state index in [9.17, 15) is 0 Å². The van der Waals surface area contributed by atoms with Gasteiger partial charge in [0.05, 0.1) is 5.02 Å². The van der Waals surface area contributed by atoms with Gasteiger partial charge in [0.1, 0.15) is 12.4 Å². The van der Waals surface area contributed by atoms with Gasteiger partial charge in [0, 0.05) is 12.1 Å². The van der Waals surface area contributed by atoms with Crippen molar-refractivity contribution < 1.29 is 4.74 Å². The lowest BCUT2D eigenvalue weighted by atomic mass is 10.2. The summed E-state index contributed by atoms with van der Waals surface area (Å²) in [6.45, 7) is 8.67. The zero-order valence-electron chi connectivity index (χ0n) is 11.4. The molecule has 1 aromatic rings. The molecule has 0 radical (unpaired) electrons. The minimum atomic E-state index is 0.553. The molecule has 0 saturated carbocycles. The van der Waals surface area contributed by atoms with Crippen LogP contribution in [0.5, 0.6) is 5.75 Å². The molecule has 100 valence electrons. The van der Waals surface area contributed by atoms with Crippen LogP contribution >= 0.6 is 11.6 Å². The van der Waals surface area contributed by atoms with E-state index in [-0.39, 0.29) is 0 Å². The van der Waals surface area contributed by atoms with Crippen molar-refractivity contribution in [2.24, 2.45) is 5.92 Å². The maximum Gasteiger partial charge on any atom is 0.142 e. The van der Waals surface area contributed by atoms with Crippen LogP contribution in [0.1, 0.15) is 26.3 Å². The highest BCUT2D eigenvalue weighted by Crippen LogP contribution is 2.28. The molecule has 0 atom stereocenters. The van der Waals surface area contributed by atoms with Crippen molar-refractivity contribution in [1.29, 1.82) is 0 Å². The molecule has 3 heteroatoms. The quantitative estimate of drug-likeness (QED) is 0.753. The first-order valence-corrected chi connectivity index (χ1v) is 6.75. The first-order valence-electron chi connectivity index (χ1n) is 6.37. The van der Waals surface area contributed by atoms with Crippen LogP contribution in [0.25, 0.3) is 0 Å². The van der Waals surface area contributed by atoms with E-state index in [4.69, 9.17) is 16.3 Å². The van der Waals surface area contributed by atoms with E-state index in [1.807, 2.05) is 37.3 Å². The molecular formula is C15H22ClNO. The number of ether oxygens (including phenoxy) is 1. The highest BCUT2D eigenvalue weighted by atomic mass is 35.5. The summed E-state index contributed by atoms with van der Waals surface area (Å²) in [5.41, 5.74) is 1.10. The van der Waals surface area contributed by atoms with E-state index in [1.165, 1.54) is 0 Å². The second-order valence-electron chi connectivity index (χ2n) is 4.63. The Morgan fingerprint density at radius 1 is 1.39 bits per heavy atom. The average Bonchev–Trinajstić information content (AvgIpc) is 2.32. The molecule has 2 nitrogen and oxygen atoms in total. The SMILES string of the molecule is C/C=C/COc1c(Cl)cccc1CNCC(C)C. The standard InChI is InChI=1S/C15H22ClNO/c1-4-5-9-18-15-13(7-6-8-14(15)16)11-17-10-12(2)3/h4-8,12,17H,9-11H2,1-3H3/b5-4+. The first kappa shape index (κ1) is 15.1. The molecule has 18 heavy (non-hydrogen) atoms. The number of rotatable bonds is 7. The van der Waals surface area contributed by atoms with Crippen LogP contribution in [0.15, 0.2) is 30.4 Å². The lowest BCUT2D eigenvalue weighted by molar-refractivity contribution is 0.357. The molecule has 1 rings (SSSR count). The van der Waals surface area contributed by atoms with Crippen LogP contribution in [-0.4, -0.2) is 13.2 Å². The topological polar surface area (TPSA) is 21.3 Å². The molecule has 0 saturated heterocycles. The van der Waals surface area contributed by atoms with Crippen molar-refractivity contribution >= 4 is 11.6 Å². The third-order valence-electron chi connectivity index (χ3n) is 2.48. The first-order chi connectivity index (χ1) is 8.65. The van der Waals surface area contributed by atoms with Gasteiger partial charge in [0.2, 0.25) is 0 Å². The molecule has 0 fully saturated rings. The number of hydrogen-bond donors (Lipinski definition) is 1. The number of para-hydroxylation sites is 1. The van der Waals surface area contributed by atoms with Crippen molar-refractivity contribution in [2.45, 2.75) is 27.3 Å². The highest BCUT2D eigenvalue weighted by molar-refractivity contribution is 6.32. The Morgan fingerprint density at radius 3 is 2.83 bits per heavy atom. The van der Waals surface area contributed by atoms with E-state index in [0.717, 1.165) is 24.4 Å². The number of nitrogens with one attached hydrogen (secondary N) is 1. The molecule has 0 unspecified atom stereocenters. The molecule has 1 N–H and O–H groups in total. The van der Waals surface area contributed by atoms with Crippen molar-refractivity contribution in [1.82, 2.24) is 5.32 Å². The third-order valence-corrected chi connectivity index (χ3v) is 2.77. The van der Waals surface area contributed by atoms with Crippen molar-refractivity contribution in [3.8, 4) is 5.75 Å². The molecule has 1 aromatic carbocycles. The lowest BCUT2D eigenvalue weighted by Gasteiger charge is -2.13. The fraction of sp³-hybridized carbons (Fsp3) is 0.467. The molecule has 0 aliphatic carbocycles. The summed E-state index contributed by atoms with van der Waals surface area (Å²) in [6.07, 6.45) is 3.93. The van der Waals surface area contributed by atoms with Gasteiger partial charge in [-0.25, -0.2) is 0 Å². The van der Waals surface area contributed by atoms with Gasteiger partial charge < -0.3 is 10.1 Å². The summed E-state index contributed by atoms with van der Waals surface area (Å²) < 4.78 is 5.71. The van der Waals surface area contributed by atoms with Crippen LogP contribution in [0.3, 0.4) is 0 Å². The summed E-state index contributed by atoms with van der Waals surface area (Å²) in [5, 5.41) is 4.07. The largest absolute Gasteiger partial charge is 0.488 e. The zero-order valence-corrected chi connectivity index (χ0v) is 12.1. The molecule has 0 aliphatic heterocycles. The van der Waals surface area contributed by atoms with Gasteiger partial charge >= 0.3 is 0 Å². The zero-order chi connectivity index (χ0) is 13.4. The molecule has 0 amide bonds. The maximum atomic E-state index is 6.17. The summed E-state index contributed by atoms with van der Waals surface area (Å²) in [7, 11) is 0. The van der Waals surface area contributed by atoms with E-state index >= 15 is 0 Å². The fourth-order valence-corrected chi connectivity index (χ4v) is 1.83. The van der Waals surface area contributed by atoms with Crippen molar-refractivity contribution in [2.75, 3.05) is 13.2 Å². The highest BCUT2D eigenvalue weighted by Gasteiger charge is 2.07. The summed E-state index contributed by atoms with van der Waals surface area (Å²) in [4.78, 5) is 0. The maximum absolute atomic E-state index is 6.17. The van der Waals surface area contributed by atoms with Crippen molar-refractivity contribution in [3.63, 3.8) is 0 Å². The lowest BCUT2D eigenvalue weighted by Crippen LogP contribution is -2.19. The summed E-state index contributed by atoms with van der Waals surface area (Å²) >= 11 is 6.17. The van der Waals surface area contributed by atoms with Crippen molar-refractivity contribution in [3.05, 3.63) is 40.9 Å². The molecule has 0 spiro atoms. The minimum absolute atomic E-state index is 0.553. The number of allylic oxidation sites excluding steroid dienone is 1. The molecule has 0 bridgehead atoms. The number of hydrogen-bond acceptors (Lipinski definition) is 2. The predicted molar refractivity (Wildman–Crippen MR) is 78.3 cm³/mol. The monoisotopic (exact) mass is 267 g/mol. The van der Waals surface area contributed by atoms with E-state index in [2.05, 4.69) is 19.2 Å². The smallest absolute Gasteiger partial charge is 0.142 e. The van der Waals surface area contributed by atoms with Crippen LogP contribution in [0.4, 0.5) is 0 Å². The molecule has 0 aromatic heterocycles. The summed E-state index contributed by atoms with van der Waals surface area (Å²) in [6, 6.07) is 5.86. The van der Waals surface area contributed by atoms with Gasteiger partial charge in [-0.15, -0.1) is 0 Å². The van der Waals surface area contributed by atoms with E-state index in [0.29, 0.717) is 17.5 Å². The third kappa shape index (κ3) is 5.11. The second-order valence-corrected chi connectivity index (χ2v) is 5.04. The van der Waals surface area contributed by atoms with Gasteiger partial charge in [-0.05, 0) is 25.5 Å². The normalized spacial score (nSPS) is 11.4. The Hall–Kier alpha value is -0.990. The number of halogens is 1. The Kier molecular flexibility index (Phi) is 6.84. The minimum Gasteiger partial charge on any atom is -0.488 e. The van der Waals surface area contributed by atoms with Gasteiger partial charge in [-0.1, -0.05) is 49.7 Å². The van der Waals surface area contributed by atoms with Crippen LogP contribution in [0, 0.1) is 5.92 Å². The van der Waals surface area contributed by atoms with Crippen LogP contribution in [-0.2, 0) is 6.54 Å². The van der Waals surface area contributed by atoms with Crippen LogP contribution < -0.4 is 10.1 Å². The van der Waals surface area contributed by atoms with Gasteiger partial charge in [0.25, 0.3) is 0 Å². The predicted octanol–water partition coefficient (Wildman–Crippen LogP) is 4.04. The molecule has 0 aliphatic rings. The van der Waals surface area contributed by atoms with Gasteiger partial charge in [-0.2, -0.15) is 0 Å². The van der Waals surface area contributed by atoms with E-state index < -0.39 is 0 Å². The van der Waals surface area contributed by atoms with Gasteiger partial charge in [0.15, 0.2) is 0 Å². The number of benzene rings is 1. The van der Waals surface area contributed by atoms with E-state index in [1.54, 1.807) is 0 Å². The Labute approximate surface area is 115 Å².